The molecule has 6 rings (SSSR count). The molecule has 284 valence electrons. The third kappa shape index (κ3) is 13.2. The van der Waals surface area contributed by atoms with E-state index >= 15 is 0 Å². The number of hydrogen-bond acceptors (Lipinski definition) is 6. The van der Waals surface area contributed by atoms with Gasteiger partial charge in [-0.3, -0.25) is 8.42 Å². The van der Waals surface area contributed by atoms with Crippen molar-refractivity contribution in [1.82, 2.24) is 0 Å². The second-order valence-corrected chi connectivity index (χ2v) is 14.5. The molecule has 55 heavy (non-hydrogen) atoms. The van der Waals surface area contributed by atoms with E-state index in [1.807, 2.05) is 0 Å². The predicted molar refractivity (Wildman–Crippen MR) is 230 cm³/mol. The molecule has 0 saturated carbocycles. The monoisotopic (exact) mass is 754 g/mol. The first-order valence-corrected chi connectivity index (χ1v) is 19.1. The third-order valence-corrected chi connectivity index (χ3v) is 8.77. The highest BCUT2D eigenvalue weighted by atomic mass is 32.3. The van der Waals surface area contributed by atoms with Crippen molar-refractivity contribution in [3.63, 3.8) is 0 Å². The second kappa shape index (κ2) is 19.5. The SMILES string of the molecule is CN(C)c1ccc(-c2ccccc2C=C2C=CC(=[N+](C)C)C=C2)cc1.CN(C)c1ccc(-c2ccccc2C=C2C=CC(=[N+](C)C)C=C2)cc1.O=S(=O)([O-])[O-]. The molecule has 2 aliphatic rings. The first-order valence-electron chi connectivity index (χ1n) is 17.7. The van der Waals surface area contributed by atoms with Crippen molar-refractivity contribution in [3.05, 3.63) is 168 Å². The van der Waals surface area contributed by atoms with Crippen molar-refractivity contribution in [3.8, 4) is 22.3 Å². The lowest BCUT2D eigenvalue weighted by Gasteiger charge is -2.13. The van der Waals surface area contributed by atoms with E-state index in [2.05, 4.69) is 233 Å². The summed E-state index contributed by atoms with van der Waals surface area (Å²) in [4.78, 5) is 4.24. The fourth-order valence-electron chi connectivity index (χ4n) is 5.75. The number of hydrogen-bond donors (Lipinski definition) is 0. The van der Waals surface area contributed by atoms with Gasteiger partial charge in [0.15, 0.2) is 11.4 Å². The number of rotatable bonds is 6. The summed E-state index contributed by atoms with van der Waals surface area (Å²) < 4.78 is 38.3. The fraction of sp³-hybridized carbons (Fsp3) is 0.174. The molecule has 0 radical (unpaired) electrons. The minimum Gasteiger partial charge on any atom is -0.759 e. The van der Waals surface area contributed by atoms with Crippen molar-refractivity contribution in [2.75, 3.05) is 66.2 Å². The minimum atomic E-state index is -5.17. The molecule has 4 aromatic carbocycles. The first kappa shape index (κ1) is 41.9. The molecule has 2 aliphatic carbocycles. The van der Waals surface area contributed by atoms with Gasteiger partial charge >= 0.3 is 0 Å². The number of benzene rings is 4. The Morgan fingerprint density at radius 1 is 0.473 bits per heavy atom. The Bertz CT molecular complexity index is 2120. The van der Waals surface area contributed by atoms with Gasteiger partial charge in [-0.2, -0.15) is 0 Å². The van der Waals surface area contributed by atoms with E-state index in [9.17, 15) is 0 Å². The average Bonchev–Trinajstić information content (AvgIpc) is 3.15. The van der Waals surface area contributed by atoms with Crippen LogP contribution < -0.4 is 9.80 Å². The molecule has 0 bridgehead atoms. The lowest BCUT2D eigenvalue weighted by atomic mass is 9.96. The van der Waals surface area contributed by atoms with Gasteiger partial charge in [-0.1, -0.05) is 72.8 Å². The Balaban J connectivity index is 0.000000218. The summed E-state index contributed by atoms with van der Waals surface area (Å²) in [5.41, 5.74) is 14.7. The van der Waals surface area contributed by atoms with Gasteiger partial charge in [0.25, 0.3) is 0 Å². The van der Waals surface area contributed by atoms with Crippen LogP contribution in [0.2, 0.25) is 0 Å². The highest BCUT2D eigenvalue weighted by Crippen LogP contribution is 2.29. The van der Waals surface area contributed by atoms with Gasteiger partial charge in [-0.15, -0.1) is 0 Å². The average molecular weight is 755 g/mol. The molecule has 0 atom stereocenters. The van der Waals surface area contributed by atoms with E-state index in [1.165, 1.54) is 67.3 Å². The molecule has 4 aromatic rings. The van der Waals surface area contributed by atoms with Crippen molar-refractivity contribution in [2.45, 2.75) is 0 Å². The smallest absolute Gasteiger partial charge is 0.199 e. The molecule has 9 heteroatoms. The lowest BCUT2D eigenvalue weighted by Crippen LogP contribution is -2.09. The highest BCUT2D eigenvalue weighted by molar-refractivity contribution is 7.79. The van der Waals surface area contributed by atoms with E-state index in [1.54, 1.807) is 0 Å². The van der Waals surface area contributed by atoms with Crippen molar-refractivity contribution in [1.29, 1.82) is 0 Å². The summed E-state index contributed by atoms with van der Waals surface area (Å²) in [5.74, 6) is 0. The zero-order valence-electron chi connectivity index (χ0n) is 32.8. The van der Waals surface area contributed by atoms with Crippen LogP contribution in [0.1, 0.15) is 11.1 Å². The van der Waals surface area contributed by atoms with Gasteiger partial charge in [0.05, 0.1) is 0 Å². The Morgan fingerprint density at radius 3 is 1.04 bits per heavy atom. The summed E-state index contributed by atoms with van der Waals surface area (Å²) in [5, 5.41) is 0. The normalized spacial score (nSPS) is 13.0. The molecule has 8 nitrogen and oxygen atoms in total. The molecule has 0 N–H and O–H groups in total. The molecular formula is C46H50N4O4S. The summed E-state index contributed by atoms with van der Waals surface area (Å²) in [7, 11) is 11.3. The zero-order chi connectivity index (χ0) is 40.1. The van der Waals surface area contributed by atoms with E-state index < -0.39 is 10.4 Å². The van der Waals surface area contributed by atoms with Crippen molar-refractivity contribution >= 4 is 45.3 Å². The van der Waals surface area contributed by atoms with Gasteiger partial charge in [-0.25, -0.2) is 9.15 Å². The van der Waals surface area contributed by atoms with Crippen LogP contribution in [0.3, 0.4) is 0 Å². The van der Waals surface area contributed by atoms with Crippen LogP contribution in [-0.4, -0.2) is 94.5 Å². The van der Waals surface area contributed by atoms with Crippen LogP contribution in [0.4, 0.5) is 11.4 Å². The van der Waals surface area contributed by atoms with Crippen LogP contribution in [0, 0.1) is 0 Å². The molecule has 0 amide bonds. The lowest BCUT2D eigenvalue weighted by molar-refractivity contribution is -0.462. The topological polar surface area (TPSA) is 92.8 Å². The van der Waals surface area contributed by atoms with Crippen LogP contribution in [0.5, 0.6) is 0 Å². The summed E-state index contributed by atoms with van der Waals surface area (Å²) in [6.07, 6.45) is 21.8. The molecule has 0 saturated heterocycles. The molecule has 0 heterocycles. The minimum absolute atomic E-state index is 1.21. The largest absolute Gasteiger partial charge is 0.759 e. The molecule has 0 aliphatic heterocycles. The third-order valence-electron chi connectivity index (χ3n) is 8.77. The van der Waals surface area contributed by atoms with Gasteiger partial charge < -0.3 is 18.9 Å². The zero-order valence-corrected chi connectivity index (χ0v) is 33.7. The predicted octanol–water partition coefficient (Wildman–Crippen LogP) is 7.95. The van der Waals surface area contributed by atoms with Gasteiger partial charge in [-0.05, 0) is 105 Å². The van der Waals surface area contributed by atoms with Gasteiger partial charge in [0, 0.05) is 74.3 Å². The van der Waals surface area contributed by atoms with Crippen molar-refractivity contribution in [2.24, 2.45) is 0 Å². The van der Waals surface area contributed by atoms with E-state index in [-0.39, 0.29) is 0 Å². The maximum atomic E-state index is 8.52. The Hall–Kier alpha value is -5.87. The summed E-state index contributed by atoms with van der Waals surface area (Å²) in [6.45, 7) is 0. The Morgan fingerprint density at radius 2 is 0.764 bits per heavy atom. The maximum absolute atomic E-state index is 8.52. The maximum Gasteiger partial charge on any atom is 0.199 e. The Kier molecular flexibility index (Phi) is 14.8. The van der Waals surface area contributed by atoms with Crippen LogP contribution in [0.25, 0.3) is 34.4 Å². The van der Waals surface area contributed by atoms with Crippen LogP contribution >= 0.6 is 0 Å². The molecule has 0 spiro atoms. The first-order chi connectivity index (χ1) is 26.1. The number of allylic oxidation sites excluding steroid dienone is 10. The molecule has 0 aromatic heterocycles. The molecule has 0 unspecified atom stereocenters. The highest BCUT2D eigenvalue weighted by Gasteiger charge is 2.09. The van der Waals surface area contributed by atoms with E-state index in [0.717, 1.165) is 0 Å². The quantitative estimate of drug-likeness (QED) is 0.113. The van der Waals surface area contributed by atoms with Gasteiger partial charge in [0.1, 0.15) is 28.2 Å². The number of nitrogens with zero attached hydrogens (tertiary/aromatic N) is 4. The molecule has 0 fully saturated rings. The van der Waals surface area contributed by atoms with Crippen LogP contribution in [0.15, 0.2) is 157 Å². The standard InChI is InChI=1S/2C23H25N2.H2O4S/c2*1-24(2)21-13-9-18(10-14-21)17-20-7-5-6-8-23(20)19-11-15-22(16-12-19)25(3)4;1-5(2,3)4/h2*5-17H,1-4H3;(H2,1,2,3,4)/q2*+1;/p-2. The summed E-state index contributed by atoms with van der Waals surface area (Å²) >= 11 is 0. The van der Waals surface area contributed by atoms with Gasteiger partial charge in [0.2, 0.25) is 0 Å². The Labute approximate surface area is 327 Å². The van der Waals surface area contributed by atoms with Crippen molar-refractivity contribution < 1.29 is 26.7 Å². The second-order valence-electron chi connectivity index (χ2n) is 13.7. The van der Waals surface area contributed by atoms with E-state index in [4.69, 9.17) is 17.5 Å². The fourth-order valence-corrected chi connectivity index (χ4v) is 5.75. The summed E-state index contributed by atoms with van der Waals surface area (Å²) in [6, 6.07) is 34.5. The van der Waals surface area contributed by atoms with E-state index in [0.29, 0.717) is 0 Å². The number of anilines is 2. The molecular weight excluding hydrogens is 705 g/mol. The van der Waals surface area contributed by atoms with Crippen LogP contribution in [-0.2, 0) is 10.4 Å².